The fraction of sp³-hybridized carbons (Fsp3) is 0.200. The predicted molar refractivity (Wildman–Crippen MR) is 139 cm³/mol. The lowest BCUT2D eigenvalue weighted by Gasteiger charge is -2.10. The molecule has 0 radical (unpaired) electrons. The third-order valence-electron chi connectivity index (χ3n) is 5.55. The molecule has 198 valence electrons. The highest BCUT2D eigenvalue weighted by atomic mass is 32.2. The molecule has 0 saturated heterocycles. The van der Waals surface area contributed by atoms with Crippen molar-refractivity contribution in [2.75, 3.05) is 18.4 Å². The molecular formula is C25H26N6O6S. The van der Waals surface area contributed by atoms with Gasteiger partial charge in [0, 0.05) is 18.3 Å². The monoisotopic (exact) mass is 538 g/mol. The maximum absolute atomic E-state index is 13.0. The summed E-state index contributed by atoms with van der Waals surface area (Å²) in [6, 6.07) is 9.95. The Labute approximate surface area is 218 Å². The Hall–Kier alpha value is -4.65. The van der Waals surface area contributed by atoms with Crippen LogP contribution in [0.5, 0.6) is 5.75 Å². The molecule has 2 heterocycles. The predicted octanol–water partition coefficient (Wildman–Crippen LogP) is 2.11. The summed E-state index contributed by atoms with van der Waals surface area (Å²) in [7, 11) is -2.58. The van der Waals surface area contributed by atoms with Crippen molar-refractivity contribution < 1.29 is 27.3 Å². The van der Waals surface area contributed by atoms with Crippen LogP contribution in [0.25, 0.3) is 11.0 Å². The molecule has 0 unspecified atom stereocenters. The molecule has 4 rings (SSSR count). The van der Waals surface area contributed by atoms with E-state index in [0.717, 1.165) is 22.8 Å². The Morgan fingerprint density at radius 1 is 1.18 bits per heavy atom. The van der Waals surface area contributed by atoms with Gasteiger partial charge in [0.05, 0.1) is 31.8 Å². The molecule has 0 bridgehead atoms. The SMILES string of the molecule is C=CC(=O)NCC(=O)NCc1cnn(Cc2cc(C)c3c(NS(=O)(=O)c4ccccc4OC)noc3c2)c1. The second-order valence-electron chi connectivity index (χ2n) is 8.32. The Bertz CT molecular complexity index is 1610. The molecule has 2 aromatic heterocycles. The first-order chi connectivity index (χ1) is 18.2. The van der Waals surface area contributed by atoms with Crippen LogP contribution in [0.1, 0.15) is 16.7 Å². The number of carbonyl (C=O) groups excluding carboxylic acids is 2. The van der Waals surface area contributed by atoms with Crippen molar-refractivity contribution in [3.8, 4) is 5.75 Å². The van der Waals surface area contributed by atoms with Crippen molar-refractivity contribution >= 4 is 38.6 Å². The van der Waals surface area contributed by atoms with E-state index in [1.54, 1.807) is 41.3 Å². The van der Waals surface area contributed by atoms with Crippen molar-refractivity contribution in [1.29, 1.82) is 0 Å². The van der Waals surface area contributed by atoms with Crippen LogP contribution in [0.4, 0.5) is 5.82 Å². The van der Waals surface area contributed by atoms with E-state index >= 15 is 0 Å². The molecule has 2 aromatic carbocycles. The lowest BCUT2D eigenvalue weighted by atomic mass is 10.1. The van der Waals surface area contributed by atoms with Gasteiger partial charge in [0.15, 0.2) is 11.4 Å². The van der Waals surface area contributed by atoms with Gasteiger partial charge in [-0.2, -0.15) is 5.10 Å². The quantitative estimate of drug-likeness (QED) is 0.245. The zero-order valence-electron chi connectivity index (χ0n) is 20.7. The van der Waals surface area contributed by atoms with Gasteiger partial charge in [-0.25, -0.2) is 8.42 Å². The summed E-state index contributed by atoms with van der Waals surface area (Å²) in [5, 5.41) is 13.9. The first-order valence-corrected chi connectivity index (χ1v) is 12.9. The summed E-state index contributed by atoms with van der Waals surface area (Å²) in [5.41, 5.74) is 2.81. The van der Waals surface area contributed by atoms with Crippen LogP contribution in [0.15, 0.2) is 70.9 Å². The summed E-state index contributed by atoms with van der Waals surface area (Å²) in [6.07, 6.45) is 4.51. The van der Waals surface area contributed by atoms with Gasteiger partial charge in [0.1, 0.15) is 10.6 Å². The number of benzene rings is 2. The van der Waals surface area contributed by atoms with E-state index in [-0.39, 0.29) is 35.5 Å². The number of aryl methyl sites for hydroxylation is 1. The van der Waals surface area contributed by atoms with E-state index in [9.17, 15) is 18.0 Å². The Morgan fingerprint density at radius 2 is 1.97 bits per heavy atom. The third-order valence-corrected chi connectivity index (χ3v) is 6.93. The molecule has 0 fully saturated rings. The Morgan fingerprint density at radius 3 is 2.74 bits per heavy atom. The molecular weight excluding hydrogens is 512 g/mol. The largest absolute Gasteiger partial charge is 0.495 e. The summed E-state index contributed by atoms with van der Waals surface area (Å²) in [5.74, 6) is -0.467. The smallest absolute Gasteiger partial charge is 0.266 e. The molecule has 12 nitrogen and oxygen atoms in total. The summed E-state index contributed by atoms with van der Waals surface area (Å²) in [4.78, 5) is 23.0. The number of aromatic nitrogens is 3. The molecule has 38 heavy (non-hydrogen) atoms. The van der Waals surface area contributed by atoms with Crippen molar-refractivity contribution in [1.82, 2.24) is 25.6 Å². The molecule has 3 N–H and O–H groups in total. The number of hydrogen-bond donors (Lipinski definition) is 3. The van der Waals surface area contributed by atoms with Gasteiger partial charge >= 0.3 is 0 Å². The molecule has 0 saturated carbocycles. The molecule has 4 aromatic rings. The molecule has 0 aliphatic carbocycles. The average molecular weight is 539 g/mol. The van der Waals surface area contributed by atoms with Gasteiger partial charge in [-0.05, 0) is 42.3 Å². The van der Waals surface area contributed by atoms with Crippen molar-refractivity contribution in [3.05, 3.63) is 78.1 Å². The Kier molecular flexibility index (Phi) is 7.76. The fourth-order valence-corrected chi connectivity index (χ4v) is 4.98. The van der Waals surface area contributed by atoms with Gasteiger partial charge in [0.2, 0.25) is 11.8 Å². The maximum atomic E-state index is 13.0. The second kappa shape index (κ2) is 11.2. The number of nitrogens with zero attached hydrogens (tertiary/aromatic N) is 3. The van der Waals surface area contributed by atoms with E-state index < -0.39 is 15.9 Å². The molecule has 13 heteroatoms. The number of hydrogen-bond acceptors (Lipinski definition) is 8. The topological polar surface area (TPSA) is 157 Å². The molecule has 0 aliphatic rings. The number of carbonyl (C=O) groups is 2. The number of fused-ring (bicyclic) bond motifs is 1. The molecule has 0 aliphatic heterocycles. The lowest BCUT2D eigenvalue weighted by Crippen LogP contribution is -2.35. The van der Waals surface area contributed by atoms with Crippen LogP contribution in [0.2, 0.25) is 0 Å². The molecule has 0 atom stereocenters. The zero-order chi connectivity index (χ0) is 27.3. The van der Waals surface area contributed by atoms with E-state index in [1.165, 1.54) is 13.2 Å². The van der Waals surface area contributed by atoms with Gasteiger partial charge in [0.25, 0.3) is 10.0 Å². The minimum atomic E-state index is -3.98. The molecule has 0 spiro atoms. The Balaban J connectivity index is 1.45. The number of sulfonamides is 1. The van der Waals surface area contributed by atoms with E-state index in [4.69, 9.17) is 9.26 Å². The van der Waals surface area contributed by atoms with E-state index in [2.05, 4.69) is 32.2 Å². The fourth-order valence-electron chi connectivity index (χ4n) is 3.80. The van der Waals surface area contributed by atoms with Gasteiger partial charge in [-0.3, -0.25) is 19.0 Å². The summed E-state index contributed by atoms with van der Waals surface area (Å²) in [6.45, 7) is 5.67. The number of anilines is 1. The minimum Gasteiger partial charge on any atom is -0.495 e. The number of para-hydroxylation sites is 1. The van der Waals surface area contributed by atoms with Crippen LogP contribution < -0.4 is 20.1 Å². The summed E-state index contributed by atoms with van der Waals surface area (Å²) >= 11 is 0. The first kappa shape index (κ1) is 26.4. The normalized spacial score (nSPS) is 11.2. The highest BCUT2D eigenvalue weighted by Crippen LogP contribution is 2.31. The van der Waals surface area contributed by atoms with Gasteiger partial charge < -0.3 is 19.9 Å². The number of rotatable bonds is 11. The maximum Gasteiger partial charge on any atom is 0.266 e. The average Bonchev–Trinajstić information content (AvgIpc) is 3.52. The minimum absolute atomic E-state index is 0.0138. The van der Waals surface area contributed by atoms with E-state index in [0.29, 0.717) is 17.5 Å². The number of methoxy groups -OCH3 is 1. The third kappa shape index (κ3) is 6.00. The van der Waals surface area contributed by atoms with Crippen LogP contribution in [0, 0.1) is 6.92 Å². The van der Waals surface area contributed by atoms with Gasteiger partial charge in [-0.1, -0.05) is 29.9 Å². The zero-order valence-corrected chi connectivity index (χ0v) is 21.5. The van der Waals surface area contributed by atoms with Crippen LogP contribution in [-0.2, 0) is 32.7 Å². The standard InChI is InChI=1S/C25H26N6O6S/c1-4-22(32)27-13-23(33)26-11-18-12-28-31(15-18)14-17-9-16(2)24-20(10-17)37-29-25(24)30-38(34,35)21-8-6-5-7-19(21)36-3/h4-10,12,15H,1,11,13-14H2,2-3H3,(H,26,33)(H,27,32)(H,29,30). The van der Waals surface area contributed by atoms with E-state index in [1.807, 2.05) is 13.0 Å². The van der Waals surface area contributed by atoms with Crippen LogP contribution in [0.3, 0.4) is 0 Å². The van der Waals surface area contributed by atoms with Crippen molar-refractivity contribution in [2.45, 2.75) is 24.9 Å². The highest BCUT2D eigenvalue weighted by Gasteiger charge is 2.23. The first-order valence-electron chi connectivity index (χ1n) is 11.4. The van der Waals surface area contributed by atoms with Crippen LogP contribution >= 0.6 is 0 Å². The number of nitrogens with one attached hydrogen (secondary N) is 3. The van der Waals surface area contributed by atoms with Gasteiger partial charge in [-0.15, -0.1) is 0 Å². The lowest BCUT2D eigenvalue weighted by molar-refractivity contribution is -0.124. The molecule has 2 amide bonds. The number of amides is 2. The van der Waals surface area contributed by atoms with Crippen LogP contribution in [-0.4, -0.2) is 48.8 Å². The van der Waals surface area contributed by atoms with Crippen molar-refractivity contribution in [3.63, 3.8) is 0 Å². The second-order valence-corrected chi connectivity index (χ2v) is 9.97. The summed E-state index contributed by atoms with van der Waals surface area (Å²) < 4.78 is 40.8. The highest BCUT2D eigenvalue weighted by molar-refractivity contribution is 7.92. The number of ether oxygens (including phenoxy) is 1. The van der Waals surface area contributed by atoms with Crippen molar-refractivity contribution in [2.24, 2.45) is 0 Å².